The summed E-state index contributed by atoms with van der Waals surface area (Å²) in [6.07, 6.45) is 43.6. The number of unbranched alkanes of at least 4 members (excludes halogenated alkanes) is 29. The Morgan fingerprint density at radius 3 is 1.23 bits per heavy atom. The van der Waals surface area contributed by atoms with E-state index in [0.29, 0.717) is 6.42 Å². The maximum atomic E-state index is 12.4. The van der Waals surface area contributed by atoms with Crippen LogP contribution in [0.5, 0.6) is 0 Å². The molecule has 0 fully saturated rings. The van der Waals surface area contributed by atoms with Gasteiger partial charge in [0, 0.05) is 12.8 Å². The predicted molar refractivity (Wildman–Crippen MR) is 216 cm³/mol. The molecule has 0 aromatic heterocycles. The summed E-state index contributed by atoms with van der Waals surface area (Å²) in [5.41, 5.74) is 0. The molecular formula is C43H83O8P. The van der Waals surface area contributed by atoms with Crippen LogP contribution in [-0.4, -0.2) is 41.0 Å². The molecule has 0 unspecified atom stereocenters. The zero-order valence-corrected chi connectivity index (χ0v) is 34.9. The Hall–Kier alpha value is -1.21. The summed E-state index contributed by atoms with van der Waals surface area (Å²) in [5, 5.41) is 0. The molecule has 9 heteroatoms. The molecule has 0 bridgehead atoms. The Morgan fingerprint density at radius 2 is 0.827 bits per heavy atom. The summed E-state index contributed by atoms with van der Waals surface area (Å²) in [6.45, 7) is 3.69. The predicted octanol–water partition coefficient (Wildman–Crippen LogP) is 13.4. The van der Waals surface area contributed by atoms with E-state index in [2.05, 4.69) is 30.5 Å². The molecule has 308 valence electrons. The zero-order chi connectivity index (χ0) is 38.2. The van der Waals surface area contributed by atoms with Crippen molar-refractivity contribution in [2.24, 2.45) is 0 Å². The lowest BCUT2D eigenvalue weighted by molar-refractivity contribution is -0.161. The standard InChI is InChI=1S/C43H83O8P/c1-3-5-7-9-11-13-15-17-19-20-21-22-24-25-27-29-31-33-35-37-42(44)49-39-41(40-50-52(46,47)48)51-43(45)38-36-34-32-30-28-26-23-18-16-14-12-10-8-6-4-2/h10,12,41H,3-9,11,13-40H2,1-2H3,(H2,46,47,48)/b12-10+/t41-/m1/s1. The number of ether oxygens (including phenoxy) is 2. The molecule has 0 radical (unpaired) electrons. The average Bonchev–Trinajstić information content (AvgIpc) is 3.11. The third-order valence-corrected chi connectivity index (χ3v) is 10.3. The smallest absolute Gasteiger partial charge is 0.462 e. The van der Waals surface area contributed by atoms with Crippen molar-refractivity contribution in [2.75, 3.05) is 13.2 Å². The summed E-state index contributed by atoms with van der Waals surface area (Å²) in [6, 6.07) is 0. The lowest BCUT2D eigenvalue weighted by atomic mass is 10.0. The number of esters is 2. The van der Waals surface area contributed by atoms with Gasteiger partial charge in [-0.05, 0) is 32.1 Å². The summed E-state index contributed by atoms with van der Waals surface area (Å²) < 4.78 is 26.4. The third kappa shape index (κ3) is 41.5. The normalized spacial score (nSPS) is 12.5. The van der Waals surface area contributed by atoms with Crippen LogP contribution in [0.25, 0.3) is 0 Å². The number of rotatable bonds is 41. The van der Waals surface area contributed by atoms with Crippen molar-refractivity contribution in [1.82, 2.24) is 0 Å². The Bertz CT molecular complexity index is 858. The molecule has 0 aliphatic heterocycles. The van der Waals surface area contributed by atoms with Gasteiger partial charge in [0.15, 0.2) is 6.10 Å². The number of phosphoric ester groups is 1. The fourth-order valence-corrected chi connectivity index (χ4v) is 6.83. The number of phosphoric acid groups is 1. The SMILES string of the molecule is CCCC/C=C/CCCCCCCCCCCC(=O)O[C@H](COC(=O)CCCCCCCCCCCCCCCCCCCCC)COP(=O)(O)O. The molecule has 0 saturated carbocycles. The molecule has 0 aromatic rings. The molecule has 0 aliphatic rings. The Morgan fingerprint density at radius 1 is 0.481 bits per heavy atom. The van der Waals surface area contributed by atoms with Crippen molar-refractivity contribution in [3.05, 3.63) is 12.2 Å². The highest BCUT2D eigenvalue weighted by Crippen LogP contribution is 2.36. The van der Waals surface area contributed by atoms with E-state index in [1.165, 1.54) is 161 Å². The molecule has 0 aromatic carbocycles. The van der Waals surface area contributed by atoms with Crippen LogP contribution in [0.1, 0.15) is 232 Å². The van der Waals surface area contributed by atoms with Gasteiger partial charge in [-0.3, -0.25) is 14.1 Å². The zero-order valence-electron chi connectivity index (χ0n) is 34.0. The van der Waals surface area contributed by atoms with Crippen molar-refractivity contribution in [1.29, 1.82) is 0 Å². The molecule has 0 heterocycles. The van der Waals surface area contributed by atoms with Crippen molar-refractivity contribution in [3.63, 3.8) is 0 Å². The van der Waals surface area contributed by atoms with Gasteiger partial charge in [0.1, 0.15) is 6.61 Å². The van der Waals surface area contributed by atoms with E-state index in [1.54, 1.807) is 0 Å². The first kappa shape index (κ1) is 50.8. The fraction of sp³-hybridized carbons (Fsp3) is 0.907. The average molecular weight is 759 g/mol. The van der Waals surface area contributed by atoms with Gasteiger partial charge in [0.2, 0.25) is 0 Å². The molecule has 2 N–H and O–H groups in total. The number of carbonyl (C=O) groups excluding carboxylic acids is 2. The second-order valence-corrected chi connectivity index (χ2v) is 16.3. The maximum absolute atomic E-state index is 12.4. The van der Waals surface area contributed by atoms with Crippen LogP contribution in [-0.2, 0) is 28.2 Å². The van der Waals surface area contributed by atoms with E-state index in [1.807, 2.05) is 0 Å². The van der Waals surface area contributed by atoms with Crippen LogP contribution < -0.4 is 0 Å². The van der Waals surface area contributed by atoms with Gasteiger partial charge in [0.05, 0.1) is 6.61 Å². The van der Waals surface area contributed by atoms with Crippen LogP contribution in [0.2, 0.25) is 0 Å². The second-order valence-electron chi connectivity index (χ2n) is 15.0. The minimum Gasteiger partial charge on any atom is -0.462 e. The minimum atomic E-state index is -4.75. The first-order valence-corrected chi connectivity index (χ1v) is 23.5. The van der Waals surface area contributed by atoms with Crippen LogP contribution in [0.3, 0.4) is 0 Å². The van der Waals surface area contributed by atoms with Gasteiger partial charge in [-0.25, -0.2) is 4.57 Å². The number of hydrogen-bond acceptors (Lipinski definition) is 6. The van der Waals surface area contributed by atoms with Crippen molar-refractivity contribution in [2.45, 2.75) is 238 Å². The Kier molecular flexibility index (Phi) is 38.6. The van der Waals surface area contributed by atoms with Gasteiger partial charge in [-0.15, -0.1) is 0 Å². The van der Waals surface area contributed by atoms with Gasteiger partial charge in [-0.2, -0.15) is 0 Å². The van der Waals surface area contributed by atoms with Gasteiger partial charge in [0.25, 0.3) is 0 Å². The Labute approximate surface area is 320 Å². The van der Waals surface area contributed by atoms with E-state index in [9.17, 15) is 14.2 Å². The van der Waals surface area contributed by atoms with Crippen LogP contribution >= 0.6 is 7.82 Å². The highest BCUT2D eigenvalue weighted by molar-refractivity contribution is 7.46. The van der Waals surface area contributed by atoms with Crippen molar-refractivity contribution in [3.8, 4) is 0 Å². The summed E-state index contributed by atoms with van der Waals surface area (Å²) in [5.74, 6) is -0.874. The molecule has 0 saturated heterocycles. The summed E-state index contributed by atoms with van der Waals surface area (Å²) in [7, 11) is -4.75. The topological polar surface area (TPSA) is 119 Å². The van der Waals surface area contributed by atoms with Crippen molar-refractivity contribution >= 4 is 19.8 Å². The van der Waals surface area contributed by atoms with E-state index in [4.69, 9.17) is 19.3 Å². The van der Waals surface area contributed by atoms with E-state index in [-0.39, 0.29) is 19.4 Å². The number of allylic oxidation sites excluding steroid dienone is 2. The lowest BCUT2D eigenvalue weighted by Gasteiger charge is -2.18. The quantitative estimate of drug-likeness (QED) is 0.0274. The van der Waals surface area contributed by atoms with Crippen molar-refractivity contribution < 1.29 is 37.9 Å². The first-order valence-electron chi connectivity index (χ1n) is 22.0. The van der Waals surface area contributed by atoms with Crippen LogP contribution in [0.15, 0.2) is 12.2 Å². The second kappa shape index (κ2) is 39.5. The molecule has 0 aliphatic carbocycles. The fourth-order valence-electron chi connectivity index (χ4n) is 6.47. The number of carbonyl (C=O) groups is 2. The van der Waals surface area contributed by atoms with E-state index in [0.717, 1.165) is 38.5 Å². The van der Waals surface area contributed by atoms with Crippen LogP contribution in [0.4, 0.5) is 0 Å². The first-order chi connectivity index (χ1) is 25.3. The van der Waals surface area contributed by atoms with E-state index < -0.39 is 32.5 Å². The van der Waals surface area contributed by atoms with Gasteiger partial charge < -0.3 is 19.3 Å². The molecule has 0 rings (SSSR count). The maximum Gasteiger partial charge on any atom is 0.469 e. The lowest BCUT2D eigenvalue weighted by Crippen LogP contribution is -2.29. The minimum absolute atomic E-state index is 0.214. The molecule has 8 nitrogen and oxygen atoms in total. The highest BCUT2D eigenvalue weighted by atomic mass is 31.2. The molecule has 52 heavy (non-hydrogen) atoms. The molecule has 0 spiro atoms. The summed E-state index contributed by atoms with van der Waals surface area (Å²) >= 11 is 0. The van der Waals surface area contributed by atoms with Gasteiger partial charge in [-0.1, -0.05) is 199 Å². The van der Waals surface area contributed by atoms with Gasteiger partial charge >= 0.3 is 19.8 Å². The number of hydrogen-bond donors (Lipinski definition) is 2. The monoisotopic (exact) mass is 759 g/mol. The molecule has 0 amide bonds. The highest BCUT2D eigenvalue weighted by Gasteiger charge is 2.22. The molecule has 1 atom stereocenters. The summed E-state index contributed by atoms with van der Waals surface area (Å²) in [4.78, 5) is 42.9. The Balaban J connectivity index is 3.83. The largest absolute Gasteiger partial charge is 0.469 e. The van der Waals surface area contributed by atoms with E-state index >= 15 is 0 Å². The van der Waals surface area contributed by atoms with Crippen LogP contribution in [0, 0.1) is 0 Å². The third-order valence-electron chi connectivity index (χ3n) is 9.78. The molecular weight excluding hydrogens is 675 g/mol.